The summed E-state index contributed by atoms with van der Waals surface area (Å²) in [6.07, 6.45) is -3.66. The van der Waals surface area contributed by atoms with Crippen molar-refractivity contribution in [1.82, 2.24) is 9.55 Å². The Morgan fingerprint density at radius 3 is 2.57 bits per heavy atom. The van der Waals surface area contributed by atoms with Crippen LogP contribution >= 0.6 is 0 Å². The molecule has 0 spiro atoms. The van der Waals surface area contributed by atoms with Gasteiger partial charge in [-0.15, -0.1) is 0 Å². The van der Waals surface area contributed by atoms with Gasteiger partial charge in [-0.3, -0.25) is 0 Å². The summed E-state index contributed by atoms with van der Waals surface area (Å²) < 4.78 is 6.55. The van der Waals surface area contributed by atoms with Crippen molar-refractivity contribution in [3.63, 3.8) is 0 Å². The van der Waals surface area contributed by atoms with E-state index in [1.165, 1.54) is 6.20 Å². The number of ether oxygens (including phenoxy) is 1. The van der Waals surface area contributed by atoms with Crippen LogP contribution in [0.15, 0.2) is 15.8 Å². The first-order valence-electron chi connectivity index (χ1n) is 6.21. The van der Waals surface area contributed by atoms with Crippen molar-refractivity contribution in [3.05, 3.63) is 27.0 Å². The van der Waals surface area contributed by atoms with E-state index in [2.05, 4.69) is 4.98 Å². The first-order valence-corrected chi connectivity index (χ1v) is 8.28. The molecule has 0 aliphatic carbocycles. The average molecular weight is 367 g/mol. The van der Waals surface area contributed by atoms with E-state index in [-0.39, 0.29) is 21.6 Å². The maximum atomic E-state index is 11.8. The number of aliphatic hydroxyl groups excluding tert-OH is 4. The van der Waals surface area contributed by atoms with Crippen molar-refractivity contribution in [2.24, 2.45) is 0 Å². The molecule has 1 aromatic heterocycles. The van der Waals surface area contributed by atoms with Gasteiger partial charge in [0.15, 0.2) is 0 Å². The molecule has 0 unspecified atom stereocenters. The van der Waals surface area contributed by atoms with Gasteiger partial charge in [-0.05, 0) is 0 Å². The van der Waals surface area contributed by atoms with Crippen LogP contribution < -0.4 is 15.7 Å². The monoisotopic (exact) mass is 368 g/mol. The third-order valence-corrected chi connectivity index (χ3v) is 5.15. The minimum absolute atomic E-state index is 0.0770. The fourth-order valence-corrected chi connectivity index (χ4v) is 3.45. The van der Waals surface area contributed by atoms with Gasteiger partial charge in [0.05, 0.1) is 0 Å². The maximum absolute atomic E-state index is 11.8. The van der Waals surface area contributed by atoms with Crippen molar-refractivity contribution < 1.29 is 25.2 Å². The molecule has 0 bridgehead atoms. The van der Waals surface area contributed by atoms with E-state index < -0.39 is 42.4 Å². The molecule has 1 aliphatic heterocycles. The molecular weight excluding hydrogens is 351 g/mol. The molecule has 0 amide bonds. The zero-order chi connectivity index (χ0) is 15.6. The Morgan fingerprint density at radius 1 is 1.29 bits per heavy atom. The van der Waals surface area contributed by atoms with Crippen molar-refractivity contribution in [3.8, 4) is 0 Å². The number of aromatic amines is 1. The number of aliphatic hydroxyl groups is 4. The molecule has 5 N–H and O–H groups in total. The van der Waals surface area contributed by atoms with Gasteiger partial charge < -0.3 is 0 Å². The Balaban J connectivity index is 2.35. The topological polar surface area (TPSA) is 145 Å². The summed E-state index contributed by atoms with van der Waals surface area (Å²) >= 11 is -0.337. The van der Waals surface area contributed by atoms with Crippen LogP contribution in [-0.4, -0.2) is 76.5 Å². The zero-order valence-corrected chi connectivity index (χ0v) is 12.6. The molecule has 118 valence electrons. The van der Waals surface area contributed by atoms with Crippen LogP contribution in [0.4, 0.5) is 0 Å². The summed E-state index contributed by atoms with van der Waals surface area (Å²) in [6.45, 7) is -0.583. The van der Waals surface area contributed by atoms with Gasteiger partial charge in [0, 0.05) is 0 Å². The number of rotatable bonds is 5. The van der Waals surface area contributed by atoms with E-state index in [1.807, 2.05) is 0 Å². The number of nitrogens with zero attached hydrogens (tertiary/aromatic N) is 1. The van der Waals surface area contributed by atoms with Crippen LogP contribution in [0, 0.1) is 0 Å². The third-order valence-electron chi connectivity index (χ3n) is 3.08. The number of H-pyrrole nitrogens is 1. The first kappa shape index (κ1) is 16.4. The Hall–Kier alpha value is -1.00. The Kier molecular flexibility index (Phi) is 5.33. The average Bonchev–Trinajstić information content (AvgIpc) is 2.74. The molecule has 9 nitrogen and oxygen atoms in total. The van der Waals surface area contributed by atoms with Gasteiger partial charge in [0.1, 0.15) is 0 Å². The fourth-order valence-electron chi connectivity index (χ4n) is 2.02. The summed E-state index contributed by atoms with van der Waals surface area (Å²) in [6, 6.07) is 0. The van der Waals surface area contributed by atoms with E-state index in [0.717, 1.165) is 4.57 Å². The second-order valence-electron chi connectivity index (χ2n) is 4.46. The summed E-state index contributed by atoms with van der Waals surface area (Å²) in [5.74, 6) is 0. The molecule has 21 heavy (non-hydrogen) atoms. The number of hydrogen-bond acceptors (Lipinski definition) is 7. The first-order chi connectivity index (χ1) is 9.99. The van der Waals surface area contributed by atoms with E-state index in [0.29, 0.717) is 9.78 Å². The summed E-state index contributed by atoms with van der Waals surface area (Å²) in [5.41, 5.74) is -1.32. The molecule has 4 atom stereocenters. The molecule has 0 aromatic carbocycles. The quantitative estimate of drug-likeness (QED) is 0.333. The molecule has 0 radical (unpaired) electrons. The van der Waals surface area contributed by atoms with Gasteiger partial charge in [-0.25, -0.2) is 0 Å². The van der Waals surface area contributed by atoms with Crippen molar-refractivity contribution in [2.45, 2.75) is 29.9 Å². The predicted molar refractivity (Wildman–Crippen MR) is 71.6 cm³/mol. The van der Waals surface area contributed by atoms with E-state index >= 15 is 0 Å². The van der Waals surface area contributed by atoms with Crippen molar-refractivity contribution in [2.75, 3.05) is 13.2 Å². The third kappa shape index (κ3) is 3.27. The molecule has 1 aliphatic rings. The number of hydrogen-bond donors (Lipinski definition) is 5. The second kappa shape index (κ2) is 6.84. The predicted octanol–water partition coefficient (Wildman–Crippen LogP) is -4.11. The second-order valence-corrected chi connectivity index (χ2v) is 6.85. The van der Waals surface area contributed by atoms with E-state index in [9.17, 15) is 19.8 Å². The normalized spacial score (nSPS) is 29.0. The van der Waals surface area contributed by atoms with Gasteiger partial charge in [-0.2, -0.15) is 0 Å². The molecule has 10 heteroatoms. The molecule has 1 aromatic rings. The summed E-state index contributed by atoms with van der Waals surface area (Å²) in [4.78, 5) is 25.6. The number of nitrogens with one attached hydrogen (secondary N) is 1. The van der Waals surface area contributed by atoms with Gasteiger partial charge >= 0.3 is 124 Å². The molecule has 0 saturated carbocycles. The van der Waals surface area contributed by atoms with Crippen molar-refractivity contribution >= 4 is 19.4 Å². The standard InChI is InChI=1S/C11H16N2O7Se/c14-1-2-21-6-3-13(11(19)12-9(6)18)10-8(17)7(16)5(4-15)20-10/h3,5,7-8,10,14-17H,1-2,4H2,(H,12,18,19)/t5-,7-,8-,10-/m1/s1. The molecule has 1 fully saturated rings. The Morgan fingerprint density at radius 2 is 2.00 bits per heavy atom. The summed E-state index contributed by atoms with van der Waals surface area (Å²) in [7, 11) is 0. The van der Waals surface area contributed by atoms with Gasteiger partial charge in [0.2, 0.25) is 0 Å². The Labute approximate surface area is 125 Å². The summed E-state index contributed by atoms with van der Waals surface area (Å²) in [5, 5.41) is 37.8. The number of aromatic nitrogens is 2. The van der Waals surface area contributed by atoms with E-state index in [1.54, 1.807) is 0 Å². The van der Waals surface area contributed by atoms with Crippen LogP contribution in [0.5, 0.6) is 0 Å². The molecule has 2 rings (SSSR count). The molecule has 2 heterocycles. The SMILES string of the molecule is O=c1[nH]c(=O)n([C@@H]2O[C@H](CO)[C@@H](O)[C@H]2O)cc1[Se]CCO. The fraction of sp³-hybridized carbons (Fsp3) is 0.636. The van der Waals surface area contributed by atoms with Crippen LogP contribution in [0.1, 0.15) is 6.23 Å². The van der Waals surface area contributed by atoms with Crippen molar-refractivity contribution in [1.29, 1.82) is 0 Å². The molecular formula is C11H16N2O7Se. The molecule has 1 saturated heterocycles. The minimum atomic E-state index is -1.40. The van der Waals surface area contributed by atoms with Crippen LogP contribution in [0.3, 0.4) is 0 Å². The van der Waals surface area contributed by atoms with Crippen LogP contribution in [0.2, 0.25) is 5.32 Å². The van der Waals surface area contributed by atoms with Crippen LogP contribution in [0.25, 0.3) is 0 Å². The van der Waals surface area contributed by atoms with Gasteiger partial charge in [0.25, 0.3) is 0 Å². The zero-order valence-electron chi connectivity index (χ0n) is 10.9. The Bertz CT molecular complexity index is 601. The van der Waals surface area contributed by atoms with E-state index in [4.69, 9.17) is 14.9 Å². The van der Waals surface area contributed by atoms with Gasteiger partial charge in [-0.1, -0.05) is 0 Å². The van der Waals surface area contributed by atoms with Crippen LogP contribution in [-0.2, 0) is 4.74 Å².